The Kier molecular flexibility index (Phi) is 7.94. The molecule has 28 heavy (non-hydrogen) atoms. The van der Waals surface area contributed by atoms with Crippen LogP contribution in [-0.2, 0) is 4.79 Å². The summed E-state index contributed by atoms with van der Waals surface area (Å²) in [5, 5.41) is 1.98. The molecular formula is C23H28N2O3. The summed E-state index contributed by atoms with van der Waals surface area (Å²) in [4.78, 5) is 11.7. The number of benzene rings is 1. The predicted molar refractivity (Wildman–Crippen MR) is 112 cm³/mol. The lowest BCUT2D eigenvalue weighted by Gasteiger charge is -2.14. The fraction of sp³-hybridized carbons (Fsp3) is 0.348. The van der Waals surface area contributed by atoms with Gasteiger partial charge in [-0.15, -0.1) is 0 Å². The van der Waals surface area contributed by atoms with Gasteiger partial charge in [0.25, 0.3) is 5.91 Å². The zero-order valence-corrected chi connectivity index (χ0v) is 16.2. The Hall–Kier alpha value is -2.79. The lowest BCUT2D eigenvalue weighted by molar-refractivity contribution is -0.120. The Morgan fingerprint density at radius 1 is 1.00 bits per heavy atom. The number of nitrogens with one attached hydrogen (secondary N) is 1. The number of amides is 1. The molecule has 0 spiro atoms. The Balaban J connectivity index is 1.25. The minimum absolute atomic E-state index is 0.0521. The van der Waals surface area contributed by atoms with Crippen LogP contribution in [0.4, 0.5) is 0 Å². The number of hydrogen-bond acceptors (Lipinski definition) is 4. The van der Waals surface area contributed by atoms with Crippen LogP contribution in [0.15, 0.2) is 60.7 Å². The average Bonchev–Trinajstić information content (AvgIpc) is 3.37. The monoisotopic (exact) mass is 380 g/mol. The summed E-state index contributed by atoms with van der Waals surface area (Å²) in [6.07, 6.45) is 21.1. The van der Waals surface area contributed by atoms with Crippen molar-refractivity contribution in [1.82, 2.24) is 10.4 Å². The maximum Gasteiger partial charge on any atom is 0.258 e. The van der Waals surface area contributed by atoms with E-state index < -0.39 is 0 Å². The van der Waals surface area contributed by atoms with Gasteiger partial charge in [-0.3, -0.25) is 10.2 Å². The van der Waals surface area contributed by atoms with Crippen LogP contribution < -0.4 is 14.9 Å². The zero-order valence-electron chi connectivity index (χ0n) is 16.2. The summed E-state index contributed by atoms with van der Waals surface area (Å²) in [6.45, 7) is 2.21. The second-order valence-corrected chi connectivity index (χ2v) is 6.79. The summed E-state index contributed by atoms with van der Waals surface area (Å²) in [7, 11) is 0. The first-order chi connectivity index (χ1) is 13.8. The van der Waals surface area contributed by atoms with E-state index in [1.54, 1.807) is 12.2 Å². The van der Waals surface area contributed by atoms with Crippen molar-refractivity contribution in [3.05, 3.63) is 66.3 Å². The normalized spacial score (nSPS) is 17.0. The first kappa shape index (κ1) is 20.0. The number of unbranched alkanes of at least 4 members (excludes halogenated alkanes) is 2. The third-order valence-electron chi connectivity index (χ3n) is 4.54. The molecule has 1 N–H and O–H groups in total. The molecule has 0 bridgehead atoms. The van der Waals surface area contributed by atoms with Gasteiger partial charge < -0.3 is 9.47 Å². The van der Waals surface area contributed by atoms with Crippen LogP contribution in [0.3, 0.4) is 0 Å². The molecule has 0 aromatic heterocycles. The number of carbonyl (C=O) groups is 1. The quantitative estimate of drug-likeness (QED) is 0.392. The van der Waals surface area contributed by atoms with Crippen molar-refractivity contribution in [1.29, 1.82) is 0 Å². The zero-order chi connectivity index (χ0) is 19.4. The maximum atomic E-state index is 11.7. The highest BCUT2D eigenvalue weighted by molar-refractivity contribution is 5.87. The highest BCUT2D eigenvalue weighted by Gasteiger charge is 2.12. The highest BCUT2D eigenvalue weighted by atomic mass is 16.7. The van der Waals surface area contributed by atoms with Crippen LogP contribution in [0.2, 0.25) is 0 Å². The number of fused-ring (bicyclic) bond motifs is 1. The minimum Gasteiger partial charge on any atom is -0.454 e. The van der Waals surface area contributed by atoms with Gasteiger partial charge in [-0.2, -0.15) is 0 Å². The molecule has 0 atom stereocenters. The molecule has 3 rings (SSSR count). The largest absolute Gasteiger partial charge is 0.454 e. The Morgan fingerprint density at radius 2 is 1.75 bits per heavy atom. The van der Waals surface area contributed by atoms with Crippen LogP contribution in [0.1, 0.15) is 37.7 Å². The molecule has 0 aliphatic carbocycles. The van der Waals surface area contributed by atoms with Gasteiger partial charge in [-0.25, -0.2) is 5.01 Å². The van der Waals surface area contributed by atoms with Gasteiger partial charge >= 0.3 is 0 Å². The van der Waals surface area contributed by atoms with Crippen molar-refractivity contribution in [3.63, 3.8) is 0 Å². The van der Waals surface area contributed by atoms with E-state index in [1.807, 2.05) is 35.4 Å². The third kappa shape index (κ3) is 6.74. The summed E-state index contributed by atoms with van der Waals surface area (Å²) >= 11 is 0. The van der Waals surface area contributed by atoms with Crippen LogP contribution in [0.25, 0.3) is 6.08 Å². The number of hydrogen-bond donors (Lipinski definition) is 1. The van der Waals surface area contributed by atoms with Crippen molar-refractivity contribution in [2.24, 2.45) is 0 Å². The van der Waals surface area contributed by atoms with E-state index in [1.165, 1.54) is 0 Å². The molecule has 2 aliphatic heterocycles. The SMILES string of the molecule is O=C(/C=C/C=C/CCC/C=C/C=C\c1ccc2c(c1)OCO2)NN1CCCC1. The smallest absolute Gasteiger partial charge is 0.258 e. The molecule has 0 radical (unpaired) electrons. The molecular weight excluding hydrogens is 352 g/mol. The van der Waals surface area contributed by atoms with Crippen molar-refractivity contribution in [2.75, 3.05) is 19.9 Å². The predicted octanol–water partition coefficient (Wildman–Crippen LogP) is 4.39. The Labute approximate surface area is 167 Å². The van der Waals surface area contributed by atoms with Crippen molar-refractivity contribution < 1.29 is 14.3 Å². The van der Waals surface area contributed by atoms with Crippen LogP contribution in [0.5, 0.6) is 11.5 Å². The molecule has 5 nitrogen and oxygen atoms in total. The molecule has 148 valence electrons. The molecule has 0 saturated carbocycles. The van der Waals surface area contributed by atoms with Gasteiger partial charge in [0.1, 0.15) is 0 Å². The summed E-state index contributed by atoms with van der Waals surface area (Å²) in [6, 6.07) is 5.93. The summed E-state index contributed by atoms with van der Waals surface area (Å²) < 4.78 is 10.7. The molecule has 1 saturated heterocycles. The van der Waals surface area contributed by atoms with Gasteiger partial charge in [0.2, 0.25) is 6.79 Å². The topological polar surface area (TPSA) is 50.8 Å². The Morgan fingerprint density at radius 3 is 2.57 bits per heavy atom. The number of carbonyl (C=O) groups excluding carboxylic acids is 1. The standard InChI is InChI=1S/C23H28N2O3/c26-23(24-25-16-10-11-17-25)13-9-7-5-3-1-2-4-6-8-12-20-14-15-21-22(18-20)28-19-27-21/h4-9,12-15,18H,1-3,10-11,16-17,19H2,(H,24,26)/b6-4+,7-5+,12-8-,13-9+. The fourth-order valence-corrected chi connectivity index (χ4v) is 3.05. The van der Waals surface area contributed by atoms with Crippen LogP contribution in [0, 0.1) is 0 Å². The van der Waals surface area contributed by atoms with Gasteiger partial charge in [0.05, 0.1) is 0 Å². The second-order valence-electron chi connectivity index (χ2n) is 6.79. The summed E-state index contributed by atoms with van der Waals surface area (Å²) in [5.74, 6) is 1.56. The lowest BCUT2D eigenvalue weighted by atomic mass is 10.2. The lowest BCUT2D eigenvalue weighted by Crippen LogP contribution is -2.38. The van der Waals surface area contributed by atoms with Crippen molar-refractivity contribution >= 4 is 12.0 Å². The number of allylic oxidation sites excluding steroid dienone is 6. The molecule has 5 heteroatoms. The van der Waals surface area contributed by atoms with Gasteiger partial charge in [-0.1, -0.05) is 48.6 Å². The number of rotatable bonds is 9. The molecule has 2 heterocycles. The third-order valence-corrected chi connectivity index (χ3v) is 4.54. The van der Waals surface area contributed by atoms with Gasteiger partial charge in [-0.05, 0) is 49.8 Å². The Bertz CT molecular complexity index is 759. The van der Waals surface area contributed by atoms with E-state index in [9.17, 15) is 4.79 Å². The van der Waals surface area contributed by atoms with Crippen molar-refractivity contribution in [2.45, 2.75) is 32.1 Å². The molecule has 1 aromatic carbocycles. The number of nitrogens with zero attached hydrogens (tertiary/aromatic N) is 1. The minimum atomic E-state index is -0.0521. The van der Waals surface area contributed by atoms with E-state index in [0.717, 1.165) is 62.3 Å². The first-order valence-corrected chi connectivity index (χ1v) is 9.93. The number of ether oxygens (including phenoxy) is 2. The van der Waals surface area contributed by atoms with Gasteiger partial charge in [0.15, 0.2) is 11.5 Å². The second kappa shape index (κ2) is 11.1. The van der Waals surface area contributed by atoms with Crippen molar-refractivity contribution in [3.8, 4) is 11.5 Å². The molecule has 1 amide bonds. The molecule has 0 unspecified atom stereocenters. The van der Waals surface area contributed by atoms with Gasteiger partial charge in [0, 0.05) is 19.2 Å². The first-order valence-electron chi connectivity index (χ1n) is 9.93. The van der Waals surface area contributed by atoms with E-state index in [-0.39, 0.29) is 5.91 Å². The van der Waals surface area contributed by atoms with Crippen LogP contribution >= 0.6 is 0 Å². The van der Waals surface area contributed by atoms with E-state index in [2.05, 4.69) is 29.7 Å². The summed E-state index contributed by atoms with van der Waals surface area (Å²) in [5.41, 5.74) is 3.97. The fourth-order valence-electron chi connectivity index (χ4n) is 3.05. The van der Waals surface area contributed by atoms with Crippen LogP contribution in [-0.4, -0.2) is 30.8 Å². The van der Waals surface area contributed by atoms with E-state index in [4.69, 9.17) is 9.47 Å². The van der Waals surface area contributed by atoms with E-state index >= 15 is 0 Å². The maximum absolute atomic E-state index is 11.7. The molecule has 1 fully saturated rings. The average molecular weight is 380 g/mol. The highest BCUT2D eigenvalue weighted by Crippen LogP contribution is 2.32. The molecule has 2 aliphatic rings. The number of hydrazine groups is 1. The molecule has 1 aromatic rings. The van der Waals surface area contributed by atoms with E-state index in [0.29, 0.717) is 6.79 Å².